The van der Waals surface area contributed by atoms with Crippen LogP contribution in [0.3, 0.4) is 0 Å². The third-order valence-electron chi connectivity index (χ3n) is 2.46. The van der Waals surface area contributed by atoms with Crippen molar-refractivity contribution in [2.24, 2.45) is 5.92 Å². The van der Waals surface area contributed by atoms with Gasteiger partial charge in [0, 0.05) is 0 Å². The fraction of sp³-hybridized carbons (Fsp3) is 0.462. The van der Waals surface area contributed by atoms with E-state index in [0.29, 0.717) is 12.5 Å². The van der Waals surface area contributed by atoms with Crippen LogP contribution >= 0.6 is 11.8 Å². The Morgan fingerprint density at radius 1 is 1.37 bits per heavy atom. The van der Waals surface area contributed by atoms with Crippen molar-refractivity contribution in [3.05, 3.63) is 29.8 Å². The molecule has 0 aromatic heterocycles. The molecule has 0 bridgehead atoms. The number of carbonyl (C=O) groups is 1. The number of rotatable bonds is 7. The number of para-hydroxylation sites is 1. The van der Waals surface area contributed by atoms with E-state index >= 15 is 0 Å². The maximum absolute atomic E-state index is 13.3. The van der Waals surface area contributed by atoms with Gasteiger partial charge in [-0.05, 0) is 36.6 Å². The largest absolute Gasteiger partial charge is 0.320 e. The van der Waals surface area contributed by atoms with E-state index in [1.54, 1.807) is 11.8 Å². The minimum atomic E-state index is -0.774. The van der Waals surface area contributed by atoms with E-state index in [9.17, 15) is 13.6 Å². The molecule has 0 aliphatic rings. The van der Waals surface area contributed by atoms with E-state index in [-0.39, 0.29) is 6.54 Å². The molecule has 6 heteroatoms. The number of halogens is 2. The molecule has 3 nitrogen and oxygen atoms in total. The predicted octanol–water partition coefficient (Wildman–Crippen LogP) is 2.49. The molecule has 19 heavy (non-hydrogen) atoms. The summed E-state index contributed by atoms with van der Waals surface area (Å²) in [6.45, 7) is 2.79. The molecule has 0 aliphatic carbocycles. The Hall–Kier alpha value is -1.14. The molecule has 0 heterocycles. The van der Waals surface area contributed by atoms with Crippen LogP contribution in [-0.2, 0) is 4.79 Å². The molecule has 1 unspecified atom stereocenters. The summed E-state index contributed by atoms with van der Waals surface area (Å²) in [7, 11) is 0. The lowest BCUT2D eigenvalue weighted by Gasteiger charge is -2.11. The molecule has 1 rings (SSSR count). The summed E-state index contributed by atoms with van der Waals surface area (Å²) in [5.74, 6) is -0.571. The van der Waals surface area contributed by atoms with Crippen molar-refractivity contribution in [2.45, 2.75) is 6.92 Å². The van der Waals surface area contributed by atoms with Crippen molar-refractivity contribution in [1.29, 1.82) is 0 Å². The highest BCUT2D eigenvalue weighted by Gasteiger charge is 2.11. The molecule has 0 saturated carbocycles. The van der Waals surface area contributed by atoms with E-state index in [1.165, 1.54) is 6.07 Å². The van der Waals surface area contributed by atoms with Gasteiger partial charge >= 0.3 is 0 Å². The van der Waals surface area contributed by atoms with Crippen LogP contribution in [0.1, 0.15) is 6.92 Å². The standard InChI is InChI=1S/C13H18F2N2OS/c1-9(8-19-2)6-16-7-12(18)17-13-10(14)4-3-5-11(13)15/h3-5,9,16H,6-8H2,1-2H3,(H,17,18). The average molecular weight is 288 g/mol. The fourth-order valence-corrected chi connectivity index (χ4v) is 2.26. The van der Waals surface area contributed by atoms with E-state index in [0.717, 1.165) is 17.9 Å². The molecule has 0 aliphatic heterocycles. The summed E-state index contributed by atoms with van der Waals surface area (Å²) in [6.07, 6.45) is 2.02. The second-order valence-corrected chi connectivity index (χ2v) is 5.25. The van der Waals surface area contributed by atoms with Crippen molar-refractivity contribution < 1.29 is 13.6 Å². The van der Waals surface area contributed by atoms with E-state index in [4.69, 9.17) is 0 Å². The van der Waals surface area contributed by atoms with Gasteiger partial charge in [-0.15, -0.1) is 0 Å². The number of amides is 1. The SMILES string of the molecule is CSCC(C)CNCC(=O)Nc1c(F)cccc1F. The molecule has 1 amide bonds. The van der Waals surface area contributed by atoms with Crippen LogP contribution in [0, 0.1) is 17.6 Å². The second-order valence-electron chi connectivity index (χ2n) is 4.34. The molecular weight excluding hydrogens is 270 g/mol. The number of anilines is 1. The van der Waals surface area contributed by atoms with Crippen LogP contribution in [0.15, 0.2) is 18.2 Å². The first-order valence-electron chi connectivity index (χ1n) is 5.98. The lowest BCUT2D eigenvalue weighted by molar-refractivity contribution is -0.115. The number of hydrogen-bond donors (Lipinski definition) is 2. The molecule has 0 fully saturated rings. The number of benzene rings is 1. The third kappa shape index (κ3) is 5.57. The van der Waals surface area contributed by atoms with Gasteiger partial charge in [0.1, 0.15) is 17.3 Å². The highest BCUT2D eigenvalue weighted by atomic mass is 32.2. The summed E-state index contributed by atoms with van der Waals surface area (Å²) in [6, 6.07) is 3.46. The van der Waals surface area contributed by atoms with Crippen LogP contribution < -0.4 is 10.6 Å². The van der Waals surface area contributed by atoms with Crippen molar-refractivity contribution in [3.63, 3.8) is 0 Å². The van der Waals surface area contributed by atoms with E-state index in [2.05, 4.69) is 17.6 Å². The smallest absolute Gasteiger partial charge is 0.238 e. The summed E-state index contributed by atoms with van der Waals surface area (Å²) in [5.41, 5.74) is -0.397. The van der Waals surface area contributed by atoms with Crippen LogP contribution in [0.25, 0.3) is 0 Å². The van der Waals surface area contributed by atoms with Gasteiger partial charge in [0.05, 0.1) is 6.54 Å². The van der Waals surface area contributed by atoms with Crippen molar-refractivity contribution in [1.82, 2.24) is 5.32 Å². The Balaban J connectivity index is 2.39. The zero-order valence-corrected chi connectivity index (χ0v) is 11.8. The van der Waals surface area contributed by atoms with Gasteiger partial charge in [0.15, 0.2) is 0 Å². The average Bonchev–Trinajstić information content (AvgIpc) is 2.34. The zero-order chi connectivity index (χ0) is 14.3. The lowest BCUT2D eigenvalue weighted by atomic mass is 10.2. The number of hydrogen-bond acceptors (Lipinski definition) is 3. The van der Waals surface area contributed by atoms with E-state index in [1.807, 2.05) is 6.26 Å². The topological polar surface area (TPSA) is 41.1 Å². The zero-order valence-electron chi connectivity index (χ0n) is 11.0. The van der Waals surface area contributed by atoms with Gasteiger partial charge < -0.3 is 10.6 Å². The first-order chi connectivity index (χ1) is 9.04. The highest BCUT2D eigenvalue weighted by Crippen LogP contribution is 2.17. The Morgan fingerprint density at radius 2 is 2.00 bits per heavy atom. The van der Waals surface area contributed by atoms with Gasteiger partial charge in [-0.2, -0.15) is 11.8 Å². The second kappa shape index (κ2) is 8.12. The molecule has 0 saturated heterocycles. The molecule has 0 radical (unpaired) electrons. The number of thioether (sulfide) groups is 1. The number of carbonyl (C=O) groups excluding carboxylic acids is 1. The Labute approximate surface area is 116 Å². The first-order valence-corrected chi connectivity index (χ1v) is 7.37. The minimum absolute atomic E-state index is 0.0342. The maximum atomic E-state index is 13.3. The Kier molecular flexibility index (Phi) is 6.80. The minimum Gasteiger partial charge on any atom is -0.320 e. The van der Waals surface area contributed by atoms with Crippen molar-refractivity contribution >= 4 is 23.4 Å². The summed E-state index contributed by atoms with van der Waals surface area (Å²) < 4.78 is 26.6. The highest BCUT2D eigenvalue weighted by molar-refractivity contribution is 7.98. The lowest BCUT2D eigenvalue weighted by Crippen LogP contribution is -2.32. The van der Waals surface area contributed by atoms with Gasteiger partial charge in [0.25, 0.3) is 0 Å². The van der Waals surface area contributed by atoms with Crippen molar-refractivity contribution in [2.75, 3.05) is 30.4 Å². The Bertz CT molecular complexity index is 409. The monoisotopic (exact) mass is 288 g/mol. The third-order valence-corrected chi connectivity index (χ3v) is 3.36. The van der Waals surface area contributed by atoms with Gasteiger partial charge in [-0.1, -0.05) is 13.0 Å². The summed E-state index contributed by atoms with van der Waals surface area (Å²) in [4.78, 5) is 11.5. The Morgan fingerprint density at radius 3 is 2.58 bits per heavy atom. The quantitative estimate of drug-likeness (QED) is 0.810. The molecule has 2 N–H and O–H groups in total. The molecule has 1 atom stereocenters. The molecule has 0 spiro atoms. The molecule has 1 aromatic carbocycles. The summed E-state index contributed by atoms with van der Waals surface area (Å²) in [5, 5.41) is 5.19. The fourth-order valence-electron chi connectivity index (χ4n) is 1.58. The maximum Gasteiger partial charge on any atom is 0.238 e. The molecular formula is C13H18F2N2OS. The van der Waals surface area contributed by atoms with Crippen LogP contribution in [0.5, 0.6) is 0 Å². The first kappa shape index (κ1) is 15.9. The number of nitrogens with one attached hydrogen (secondary N) is 2. The van der Waals surface area contributed by atoms with Crippen LogP contribution in [0.4, 0.5) is 14.5 Å². The van der Waals surface area contributed by atoms with Crippen LogP contribution in [0.2, 0.25) is 0 Å². The van der Waals surface area contributed by atoms with E-state index < -0.39 is 23.2 Å². The van der Waals surface area contributed by atoms with Gasteiger partial charge in [0.2, 0.25) is 5.91 Å². The molecule has 106 valence electrons. The summed E-state index contributed by atoms with van der Waals surface area (Å²) >= 11 is 1.74. The van der Waals surface area contributed by atoms with Gasteiger partial charge in [-0.25, -0.2) is 8.78 Å². The molecule has 1 aromatic rings. The van der Waals surface area contributed by atoms with Crippen LogP contribution in [-0.4, -0.2) is 31.0 Å². The predicted molar refractivity (Wildman–Crippen MR) is 75.4 cm³/mol. The van der Waals surface area contributed by atoms with Crippen molar-refractivity contribution in [3.8, 4) is 0 Å². The normalized spacial score (nSPS) is 12.2. The van der Waals surface area contributed by atoms with Gasteiger partial charge in [-0.3, -0.25) is 4.79 Å².